The summed E-state index contributed by atoms with van der Waals surface area (Å²) in [6, 6.07) is 0.165. The fourth-order valence-corrected chi connectivity index (χ4v) is 2.66. The number of piperidine rings is 1. The third-order valence-electron chi connectivity index (χ3n) is 3.65. The second-order valence-corrected chi connectivity index (χ2v) is 4.85. The lowest BCUT2D eigenvalue weighted by atomic mass is 9.99. The van der Waals surface area contributed by atoms with Gasteiger partial charge in [-0.05, 0) is 26.3 Å². The number of aromatic nitrogens is 2. The van der Waals surface area contributed by atoms with Crippen molar-refractivity contribution in [1.82, 2.24) is 14.5 Å². The molecule has 1 aliphatic rings. The van der Waals surface area contributed by atoms with E-state index in [4.69, 9.17) is 5.11 Å². The largest absolute Gasteiger partial charge is 0.481 e. The molecule has 1 N–H and O–H groups in total. The van der Waals surface area contributed by atoms with Gasteiger partial charge >= 0.3 is 5.97 Å². The van der Waals surface area contributed by atoms with Crippen molar-refractivity contribution in [3.8, 4) is 0 Å². The van der Waals surface area contributed by atoms with E-state index in [1.807, 2.05) is 12.4 Å². The van der Waals surface area contributed by atoms with Crippen LogP contribution in [0.3, 0.4) is 0 Å². The molecule has 2 heterocycles. The molecule has 0 saturated carbocycles. The van der Waals surface area contributed by atoms with Crippen LogP contribution < -0.4 is 0 Å². The lowest BCUT2D eigenvalue weighted by Crippen LogP contribution is -2.40. The number of aryl methyl sites for hydroxylation is 1. The Morgan fingerprint density at radius 2 is 2.39 bits per heavy atom. The van der Waals surface area contributed by atoms with Crippen LogP contribution in [0.2, 0.25) is 0 Å². The average Bonchev–Trinajstić information content (AvgIpc) is 2.78. The predicted molar refractivity (Wildman–Crippen MR) is 68.2 cm³/mol. The standard InChI is InChI=1S/C13H21N3O2/c1-2-15-8-6-14-12(15)10-16-7-4-3-5-11(16)9-13(17)18/h6,8,11H,2-5,7,9-10H2,1H3,(H,17,18). The number of rotatable bonds is 5. The topological polar surface area (TPSA) is 58.4 Å². The number of aliphatic carboxylic acids is 1. The zero-order valence-electron chi connectivity index (χ0n) is 10.9. The molecule has 0 aliphatic carbocycles. The van der Waals surface area contributed by atoms with Crippen LogP contribution in [0.4, 0.5) is 0 Å². The molecule has 0 radical (unpaired) electrons. The molecule has 1 aromatic heterocycles. The smallest absolute Gasteiger partial charge is 0.304 e. The maximum absolute atomic E-state index is 10.9. The van der Waals surface area contributed by atoms with Crippen molar-refractivity contribution in [1.29, 1.82) is 0 Å². The molecule has 0 spiro atoms. The first-order chi connectivity index (χ1) is 8.70. The first-order valence-corrected chi connectivity index (χ1v) is 6.66. The third kappa shape index (κ3) is 3.10. The van der Waals surface area contributed by atoms with Gasteiger partial charge < -0.3 is 9.67 Å². The van der Waals surface area contributed by atoms with Crippen LogP contribution in [0.1, 0.15) is 38.4 Å². The molecule has 1 unspecified atom stereocenters. The number of carbonyl (C=O) groups is 1. The molecule has 5 nitrogen and oxygen atoms in total. The van der Waals surface area contributed by atoms with Crippen molar-refractivity contribution in [3.05, 3.63) is 18.2 Å². The summed E-state index contributed by atoms with van der Waals surface area (Å²) in [5.41, 5.74) is 0. The highest BCUT2D eigenvalue weighted by molar-refractivity contribution is 5.67. The maximum Gasteiger partial charge on any atom is 0.304 e. The number of carboxylic acid groups (broad SMARTS) is 1. The van der Waals surface area contributed by atoms with E-state index in [2.05, 4.69) is 21.4 Å². The van der Waals surface area contributed by atoms with Gasteiger partial charge in [-0.15, -0.1) is 0 Å². The molecule has 0 aromatic carbocycles. The van der Waals surface area contributed by atoms with Crippen LogP contribution in [0.5, 0.6) is 0 Å². The lowest BCUT2D eigenvalue weighted by molar-refractivity contribution is -0.138. The SMILES string of the molecule is CCn1ccnc1CN1CCCCC1CC(=O)O. The van der Waals surface area contributed by atoms with Gasteiger partial charge in [0.25, 0.3) is 0 Å². The highest BCUT2D eigenvalue weighted by Gasteiger charge is 2.25. The number of nitrogens with zero attached hydrogens (tertiary/aromatic N) is 3. The Balaban J connectivity index is 2.03. The zero-order valence-corrected chi connectivity index (χ0v) is 10.9. The van der Waals surface area contributed by atoms with Gasteiger partial charge in [0.2, 0.25) is 0 Å². The van der Waals surface area contributed by atoms with Crippen molar-refractivity contribution < 1.29 is 9.90 Å². The molecule has 1 aliphatic heterocycles. The Hall–Kier alpha value is -1.36. The van der Waals surface area contributed by atoms with Gasteiger partial charge in [-0.1, -0.05) is 6.42 Å². The molecule has 2 rings (SSSR count). The maximum atomic E-state index is 10.9. The quantitative estimate of drug-likeness (QED) is 0.866. The van der Waals surface area contributed by atoms with Crippen LogP contribution in [0.15, 0.2) is 12.4 Å². The summed E-state index contributed by atoms with van der Waals surface area (Å²) >= 11 is 0. The minimum absolute atomic E-state index is 0.165. The van der Waals surface area contributed by atoms with Crippen LogP contribution in [-0.2, 0) is 17.9 Å². The first-order valence-electron chi connectivity index (χ1n) is 6.66. The first kappa shape index (κ1) is 13.1. The fraction of sp³-hybridized carbons (Fsp3) is 0.692. The number of hydrogen-bond acceptors (Lipinski definition) is 3. The molecule has 1 saturated heterocycles. The highest BCUT2D eigenvalue weighted by Crippen LogP contribution is 2.21. The van der Waals surface area contributed by atoms with Crippen molar-refractivity contribution in [2.24, 2.45) is 0 Å². The van der Waals surface area contributed by atoms with Gasteiger partial charge in [0.1, 0.15) is 5.82 Å². The van der Waals surface area contributed by atoms with E-state index >= 15 is 0 Å². The number of hydrogen-bond donors (Lipinski definition) is 1. The minimum Gasteiger partial charge on any atom is -0.481 e. The molecule has 1 atom stereocenters. The number of imidazole rings is 1. The monoisotopic (exact) mass is 251 g/mol. The highest BCUT2D eigenvalue weighted by atomic mass is 16.4. The third-order valence-corrected chi connectivity index (χ3v) is 3.65. The van der Waals surface area contributed by atoms with Crippen LogP contribution in [0.25, 0.3) is 0 Å². The molecule has 0 bridgehead atoms. The summed E-state index contributed by atoms with van der Waals surface area (Å²) in [6.07, 6.45) is 7.31. The Labute approximate surface area is 107 Å². The second kappa shape index (κ2) is 6.00. The van der Waals surface area contributed by atoms with E-state index in [0.29, 0.717) is 0 Å². The van der Waals surface area contributed by atoms with Crippen molar-refractivity contribution in [2.75, 3.05) is 6.54 Å². The van der Waals surface area contributed by atoms with E-state index in [-0.39, 0.29) is 12.5 Å². The van der Waals surface area contributed by atoms with Gasteiger partial charge in [0, 0.05) is 25.0 Å². The van der Waals surface area contributed by atoms with Gasteiger partial charge in [-0.3, -0.25) is 9.69 Å². The molecule has 0 amide bonds. The van der Waals surface area contributed by atoms with Crippen LogP contribution in [-0.4, -0.2) is 38.1 Å². The molecule has 1 fully saturated rings. The Kier molecular flexibility index (Phi) is 4.36. The summed E-state index contributed by atoms with van der Waals surface area (Å²) in [7, 11) is 0. The van der Waals surface area contributed by atoms with Gasteiger partial charge in [-0.2, -0.15) is 0 Å². The zero-order chi connectivity index (χ0) is 13.0. The van der Waals surface area contributed by atoms with Gasteiger partial charge in [-0.25, -0.2) is 4.98 Å². The normalized spacial score (nSPS) is 21.1. The number of likely N-dealkylation sites (tertiary alicyclic amines) is 1. The van der Waals surface area contributed by atoms with Crippen molar-refractivity contribution >= 4 is 5.97 Å². The Morgan fingerprint density at radius 3 is 3.11 bits per heavy atom. The van der Waals surface area contributed by atoms with Crippen LogP contribution in [0, 0.1) is 0 Å². The van der Waals surface area contributed by atoms with E-state index in [9.17, 15) is 4.79 Å². The van der Waals surface area contributed by atoms with Gasteiger partial charge in [0.15, 0.2) is 0 Å². The lowest BCUT2D eigenvalue weighted by Gasteiger charge is -2.34. The summed E-state index contributed by atoms with van der Waals surface area (Å²) in [6.45, 7) is 4.75. The molecule has 1 aromatic rings. The van der Waals surface area contributed by atoms with Crippen molar-refractivity contribution in [3.63, 3.8) is 0 Å². The second-order valence-electron chi connectivity index (χ2n) is 4.85. The van der Waals surface area contributed by atoms with Gasteiger partial charge in [0.05, 0.1) is 13.0 Å². The predicted octanol–water partition coefficient (Wildman–Crippen LogP) is 1.73. The summed E-state index contributed by atoms with van der Waals surface area (Å²) in [4.78, 5) is 17.5. The summed E-state index contributed by atoms with van der Waals surface area (Å²) in [5, 5.41) is 8.96. The summed E-state index contributed by atoms with van der Waals surface area (Å²) in [5.74, 6) is 0.334. The van der Waals surface area contributed by atoms with E-state index < -0.39 is 5.97 Å². The average molecular weight is 251 g/mol. The fourth-order valence-electron chi connectivity index (χ4n) is 2.66. The van der Waals surface area contributed by atoms with Crippen molar-refractivity contribution in [2.45, 2.75) is 51.7 Å². The Bertz CT molecular complexity index is 403. The Morgan fingerprint density at radius 1 is 1.56 bits per heavy atom. The van der Waals surface area contributed by atoms with E-state index in [1.165, 1.54) is 0 Å². The van der Waals surface area contributed by atoms with E-state index in [1.54, 1.807) is 0 Å². The van der Waals surface area contributed by atoms with Crippen LogP contribution >= 0.6 is 0 Å². The van der Waals surface area contributed by atoms with E-state index in [0.717, 1.165) is 44.7 Å². The molecule has 5 heteroatoms. The molecule has 18 heavy (non-hydrogen) atoms. The summed E-state index contributed by atoms with van der Waals surface area (Å²) < 4.78 is 2.12. The molecular weight excluding hydrogens is 230 g/mol. The number of carboxylic acids is 1. The minimum atomic E-state index is -0.703. The molecule has 100 valence electrons. The molecular formula is C13H21N3O2.